The minimum atomic E-state index is -3.53. The van der Waals surface area contributed by atoms with E-state index in [4.69, 9.17) is 0 Å². The van der Waals surface area contributed by atoms with E-state index in [9.17, 15) is 13.2 Å². The molecule has 1 saturated carbocycles. The van der Waals surface area contributed by atoms with E-state index in [-0.39, 0.29) is 16.8 Å². The van der Waals surface area contributed by atoms with Crippen molar-refractivity contribution in [2.24, 2.45) is 0 Å². The second kappa shape index (κ2) is 7.90. The zero-order valence-corrected chi connectivity index (χ0v) is 16.9. The maximum atomic E-state index is 12.7. The van der Waals surface area contributed by atoms with Crippen molar-refractivity contribution in [1.29, 1.82) is 0 Å². The van der Waals surface area contributed by atoms with Crippen LogP contribution in [0.5, 0.6) is 0 Å². The van der Waals surface area contributed by atoms with Gasteiger partial charge in [-0.05, 0) is 55.3 Å². The molecule has 138 valence electrons. The Morgan fingerprint density at radius 1 is 1.12 bits per heavy atom. The molecule has 1 fully saturated rings. The molecule has 1 amide bonds. The summed E-state index contributed by atoms with van der Waals surface area (Å²) in [5.74, 6) is -0.281. The number of nitrogens with one attached hydrogen (secondary N) is 1. The molecule has 0 spiro atoms. The number of amides is 1. The number of rotatable bonds is 5. The summed E-state index contributed by atoms with van der Waals surface area (Å²) in [5, 5.41) is 2.80. The molecule has 26 heavy (non-hydrogen) atoms. The molecular weight excluding hydrogens is 416 g/mol. The molecule has 3 rings (SSSR count). The third kappa shape index (κ3) is 4.16. The molecule has 0 saturated heterocycles. The van der Waals surface area contributed by atoms with Crippen molar-refractivity contribution in [2.75, 3.05) is 12.4 Å². The Morgan fingerprint density at radius 2 is 1.77 bits per heavy atom. The number of anilines is 1. The molecule has 5 nitrogen and oxygen atoms in total. The van der Waals surface area contributed by atoms with Crippen molar-refractivity contribution in [3.05, 3.63) is 58.6 Å². The Kier molecular flexibility index (Phi) is 5.79. The number of halogens is 1. The largest absolute Gasteiger partial charge is 0.322 e. The summed E-state index contributed by atoms with van der Waals surface area (Å²) in [5.41, 5.74) is 1.08. The quantitative estimate of drug-likeness (QED) is 0.760. The molecule has 0 aromatic heterocycles. The summed E-state index contributed by atoms with van der Waals surface area (Å²) in [6, 6.07) is 13.4. The molecule has 1 N–H and O–H groups in total. The summed E-state index contributed by atoms with van der Waals surface area (Å²) in [6.07, 6.45) is 3.95. The highest BCUT2D eigenvalue weighted by atomic mass is 79.9. The van der Waals surface area contributed by atoms with Gasteiger partial charge in [0.05, 0.1) is 4.90 Å². The number of benzene rings is 2. The molecule has 0 bridgehead atoms. The second-order valence-electron chi connectivity index (χ2n) is 6.45. The van der Waals surface area contributed by atoms with E-state index in [0.717, 1.165) is 30.2 Å². The van der Waals surface area contributed by atoms with E-state index in [0.29, 0.717) is 11.3 Å². The first-order valence-corrected chi connectivity index (χ1v) is 10.8. The van der Waals surface area contributed by atoms with Crippen LogP contribution in [0.25, 0.3) is 0 Å². The Morgan fingerprint density at radius 3 is 2.38 bits per heavy atom. The molecule has 0 radical (unpaired) electrons. The van der Waals surface area contributed by atoms with Crippen molar-refractivity contribution in [1.82, 2.24) is 4.31 Å². The van der Waals surface area contributed by atoms with Crippen LogP contribution in [0.2, 0.25) is 0 Å². The maximum Gasteiger partial charge on any atom is 0.255 e. The topological polar surface area (TPSA) is 66.5 Å². The van der Waals surface area contributed by atoms with Crippen LogP contribution >= 0.6 is 15.9 Å². The normalized spacial score (nSPS) is 15.3. The number of sulfonamides is 1. The van der Waals surface area contributed by atoms with Gasteiger partial charge >= 0.3 is 0 Å². The Hall–Kier alpha value is -1.70. The third-order valence-corrected chi connectivity index (χ3v) is 7.13. The zero-order chi connectivity index (χ0) is 18.7. The standard InChI is InChI=1S/C19H21BrN2O3S/c1-22(17-7-2-3-8-17)26(24,25)18-11-9-14(10-12-18)19(23)21-16-6-4-5-15(20)13-16/h4-6,9-13,17H,2-3,7-8H2,1H3,(H,21,23). The molecule has 1 aliphatic rings. The van der Waals surface area contributed by atoms with Gasteiger partial charge in [-0.1, -0.05) is 34.8 Å². The predicted octanol–water partition coefficient (Wildman–Crippen LogP) is 4.26. The summed E-state index contributed by atoms with van der Waals surface area (Å²) in [6.45, 7) is 0. The average molecular weight is 437 g/mol. The maximum absolute atomic E-state index is 12.7. The zero-order valence-electron chi connectivity index (χ0n) is 14.5. The molecular formula is C19H21BrN2O3S. The van der Waals surface area contributed by atoms with Gasteiger partial charge in [0, 0.05) is 28.8 Å². The first kappa shape index (κ1) is 19.1. The fraction of sp³-hybridized carbons (Fsp3) is 0.316. The van der Waals surface area contributed by atoms with Gasteiger partial charge in [0.25, 0.3) is 5.91 Å². The Balaban J connectivity index is 1.74. The van der Waals surface area contributed by atoms with Gasteiger partial charge in [-0.25, -0.2) is 8.42 Å². The first-order chi connectivity index (χ1) is 12.4. The Labute approximate surface area is 162 Å². The average Bonchev–Trinajstić information content (AvgIpc) is 3.15. The van der Waals surface area contributed by atoms with Gasteiger partial charge < -0.3 is 5.32 Å². The minimum absolute atomic E-state index is 0.0690. The fourth-order valence-corrected chi connectivity index (χ4v) is 4.99. The van der Waals surface area contributed by atoms with E-state index in [1.807, 2.05) is 12.1 Å². The van der Waals surface area contributed by atoms with E-state index >= 15 is 0 Å². The van der Waals surface area contributed by atoms with Gasteiger partial charge in [-0.15, -0.1) is 0 Å². The van der Waals surface area contributed by atoms with E-state index in [1.165, 1.54) is 16.4 Å². The van der Waals surface area contributed by atoms with Crippen molar-refractivity contribution < 1.29 is 13.2 Å². The molecule has 1 aliphatic carbocycles. The van der Waals surface area contributed by atoms with Crippen LogP contribution in [-0.2, 0) is 10.0 Å². The SMILES string of the molecule is CN(C1CCCC1)S(=O)(=O)c1ccc(C(=O)Nc2cccc(Br)c2)cc1. The number of hydrogen-bond donors (Lipinski definition) is 1. The Bertz CT molecular complexity index is 891. The lowest BCUT2D eigenvalue weighted by atomic mass is 10.2. The summed E-state index contributed by atoms with van der Waals surface area (Å²) >= 11 is 3.36. The van der Waals surface area contributed by atoms with Crippen molar-refractivity contribution >= 4 is 37.5 Å². The molecule has 0 atom stereocenters. The minimum Gasteiger partial charge on any atom is -0.322 e. The van der Waals surface area contributed by atoms with Gasteiger partial charge in [0.15, 0.2) is 0 Å². The van der Waals surface area contributed by atoms with Crippen molar-refractivity contribution in [3.63, 3.8) is 0 Å². The van der Waals surface area contributed by atoms with Gasteiger partial charge in [0.1, 0.15) is 0 Å². The van der Waals surface area contributed by atoms with Crippen molar-refractivity contribution in [3.8, 4) is 0 Å². The third-order valence-electron chi connectivity index (χ3n) is 4.71. The van der Waals surface area contributed by atoms with Crippen LogP contribution in [0.15, 0.2) is 57.9 Å². The highest BCUT2D eigenvalue weighted by Gasteiger charge is 2.30. The molecule has 0 aliphatic heterocycles. The molecule has 2 aromatic rings. The van der Waals surface area contributed by atoms with Crippen LogP contribution in [0.1, 0.15) is 36.0 Å². The van der Waals surface area contributed by atoms with Gasteiger partial charge in [0.2, 0.25) is 10.0 Å². The van der Waals surface area contributed by atoms with E-state index in [2.05, 4.69) is 21.2 Å². The monoisotopic (exact) mass is 436 g/mol. The van der Waals surface area contributed by atoms with Crippen LogP contribution in [0, 0.1) is 0 Å². The molecule has 0 heterocycles. The lowest BCUT2D eigenvalue weighted by molar-refractivity contribution is 0.102. The summed E-state index contributed by atoms with van der Waals surface area (Å²) in [4.78, 5) is 12.6. The van der Waals surface area contributed by atoms with Crippen LogP contribution < -0.4 is 5.32 Å². The van der Waals surface area contributed by atoms with Crippen LogP contribution in [0.3, 0.4) is 0 Å². The highest BCUT2D eigenvalue weighted by Crippen LogP contribution is 2.27. The molecule has 2 aromatic carbocycles. The number of carbonyl (C=O) groups excluding carboxylic acids is 1. The fourth-order valence-electron chi connectivity index (χ4n) is 3.18. The summed E-state index contributed by atoms with van der Waals surface area (Å²) in [7, 11) is -1.90. The molecule has 7 heteroatoms. The summed E-state index contributed by atoms with van der Waals surface area (Å²) < 4.78 is 27.8. The van der Waals surface area contributed by atoms with Crippen LogP contribution in [-0.4, -0.2) is 31.7 Å². The lowest BCUT2D eigenvalue weighted by Crippen LogP contribution is -2.35. The van der Waals surface area contributed by atoms with Crippen LogP contribution in [0.4, 0.5) is 5.69 Å². The van der Waals surface area contributed by atoms with Gasteiger partial charge in [-0.2, -0.15) is 4.31 Å². The van der Waals surface area contributed by atoms with E-state index < -0.39 is 10.0 Å². The predicted molar refractivity (Wildman–Crippen MR) is 106 cm³/mol. The highest BCUT2D eigenvalue weighted by molar-refractivity contribution is 9.10. The number of nitrogens with zero attached hydrogens (tertiary/aromatic N) is 1. The molecule has 0 unspecified atom stereocenters. The number of hydrogen-bond acceptors (Lipinski definition) is 3. The van der Waals surface area contributed by atoms with Gasteiger partial charge in [-0.3, -0.25) is 4.79 Å². The number of carbonyl (C=O) groups is 1. The van der Waals surface area contributed by atoms with Crippen molar-refractivity contribution in [2.45, 2.75) is 36.6 Å². The lowest BCUT2D eigenvalue weighted by Gasteiger charge is -2.23. The first-order valence-electron chi connectivity index (χ1n) is 8.53. The van der Waals surface area contributed by atoms with E-state index in [1.54, 1.807) is 31.3 Å². The smallest absolute Gasteiger partial charge is 0.255 e. The second-order valence-corrected chi connectivity index (χ2v) is 9.36.